The highest BCUT2D eigenvalue weighted by atomic mass is 16.3. The first kappa shape index (κ1) is 11.4. The Morgan fingerprint density at radius 2 is 2.16 bits per heavy atom. The largest absolute Gasteiger partial charge is 0.449 e. The van der Waals surface area contributed by atoms with Gasteiger partial charge in [0, 0.05) is 6.20 Å². The molecule has 0 aliphatic rings. The smallest absolute Gasteiger partial charge is 0.203 e. The average Bonchev–Trinajstić information content (AvgIpc) is 3.06. The highest BCUT2D eigenvalue weighted by Gasteiger charge is 2.05. The molecule has 0 aliphatic carbocycles. The van der Waals surface area contributed by atoms with Crippen molar-refractivity contribution in [2.45, 2.75) is 13.1 Å². The number of nitrogens with zero attached hydrogens (tertiary/aromatic N) is 4. The van der Waals surface area contributed by atoms with Gasteiger partial charge in [-0.25, -0.2) is 0 Å². The minimum atomic E-state index is 0.324. The molecule has 0 spiro atoms. The number of hydrogen-bond acceptors (Lipinski definition) is 5. The third kappa shape index (κ3) is 2.32. The van der Waals surface area contributed by atoms with Crippen molar-refractivity contribution >= 4 is 5.65 Å². The average molecular weight is 253 g/mol. The third-order valence-electron chi connectivity index (χ3n) is 2.74. The number of hydrogen-bond donors (Lipinski definition) is 1. The number of pyridine rings is 1. The molecule has 6 nitrogen and oxygen atoms in total. The second-order valence-corrected chi connectivity index (χ2v) is 4.03. The van der Waals surface area contributed by atoms with Gasteiger partial charge in [0.25, 0.3) is 0 Å². The number of fused-ring (bicyclic) bond motifs is 1. The van der Waals surface area contributed by atoms with E-state index in [9.17, 15) is 0 Å². The van der Waals surface area contributed by atoms with Gasteiger partial charge in [-0.05, 0) is 24.3 Å². The van der Waals surface area contributed by atoms with Crippen molar-refractivity contribution in [2.24, 2.45) is 0 Å². The number of aromatic nitrogens is 3. The van der Waals surface area contributed by atoms with E-state index in [1.54, 1.807) is 12.1 Å². The van der Waals surface area contributed by atoms with E-state index in [0.717, 1.165) is 17.2 Å². The second-order valence-electron chi connectivity index (χ2n) is 4.03. The van der Waals surface area contributed by atoms with Gasteiger partial charge in [0.1, 0.15) is 11.8 Å². The lowest BCUT2D eigenvalue weighted by Gasteiger charge is -2.01. The Balaban J connectivity index is 1.65. The Hall–Kier alpha value is -2.65. The molecule has 3 rings (SSSR count). The van der Waals surface area contributed by atoms with E-state index in [-0.39, 0.29) is 0 Å². The molecule has 0 bridgehead atoms. The van der Waals surface area contributed by atoms with Gasteiger partial charge >= 0.3 is 0 Å². The second kappa shape index (κ2) is 4.92. The zero-order chi connectivity index (χ0) is 13.1. The van der Waals surface area contributed by atoms with Crippen LogP contribution in [0.25, 0.3) is 5.65 Å². The van der Waals surface area contributed by atoms with Gasteiger partial charge in [-0.2, -0.15) is 5.26 Å². The molecule has 1 N–H and O–H groups in total. The first-order valence-electron chi connectivity index (χ1n) is 5.85. The maximum atomic E-state index is 8.66. The van der Waals surface area contributed by atoms with Crippen molar-refractivity contribution in [1.82, 2.24) is 19.9 Å². The van der Waals surface area contributed by atoms with Crippen LogP contribution in [0, 0.1) is 11.3 Å². The quantitative estimate of drug-likeness (QED) is 0.762. The van der Waals surface area contributed by atoms with Crippen LogP contribution in [-0.4, -0.2) is 14.6 Å². The van der Waals surface area contributed by atoms with Gasteiger partial charge in [-0.1, -0.05) is 6.07 Å². The first-order valence-corrected chi connectivity index (χ1v) is 5.85. The van der Waals surface area contributed by atoms with E-state index < -0.39 is 0 Å². The van der Waals surface area contributed by atoms with E-state index in [1.807, 2.05) is 34.9 Å². The Labute approximate surface area is 109 Å². The lowest BCUT2D eigenvalue weighted by molar-refractivity contribution is 0.471. The lowest BCUT2D eigenvalue weighted by Crippen LogP contribution is -2.14. The summed E-state index contributed by atoms with van der Waals surface area (Å²) < 4.78 is 7.20. The summed E-state index contributed by atoms with van der Waals surface area (Å²) in [5.41, 5.74) is 0.823. The molecule has 94 valence electrons. The maximum absolute atomic E-state index is 8.66. The molecule has 0 unspecified atom stereocenters. The minimum Gasteiger partial charge on any atom is -0.449 e. The summed E-state index contributed by atoms with van der Waals surface area (Å²) in [6, 6.07) is 11.2. The van der Waals surface area contributed by atoms with Crippen molar-refractivity contribution in [3.8, 4) is 6.07 Å². The number of furan rings is 1. The van der Waals surface area contributed by atoms with Gasteiger partial charge in [0.05, 0.1) is 13.1 Å². The van der Waals surface area contributed by atoms with Crippen LogP contribution in [0.4, 0.5) is 0 Å². The topological polar surface area (TPSA) is 79.2 Å². The van der Waals surface area contributed by atoms with E-state index in [4.69, 9.17) is 9.68 Å². The van der Waals surface area contributed by atoms with Crippen molar-refractivity contribution in [2.75, 3.05) is 0 Å². The summed E-state index contributed by atoms with van der Waals surface area (Å²) in [6.07, 6.45) is 1.92. The molecule has 0 saturated carbocycles. The van der Waals surface area contributed by atoms with Crippen LogP contribution in [0.5, 0.6) is 0 Å². The molecule has 0 radical (unpaired) electrons. The molecular formula is C13H11N5O. The minimum absolute atomic E-state index is 0.324. The van der Waals surface area contributed by atoms with Crippen molar-refractivity contribution in [3.05, 3.63) is 53.9 Å². The standard InChI is InChI=1S/C13H11N5O/c14-7-10-4-5-11(19-10)8-15-9-13-17-16-12-3-1-2-6-18(12)13/h1-6,15H,8-9H2. The fourth-order valence-electron chi connectivity index (χ4n) is 1.84. The first-order chi connectivity index (χ1) is 9.36. The zero-order valence-electron chi connectivity index (χ0n) is 10.1. The van der Waals surface area contributed by atoms with Gasteiger partial charge in [0.15, 0.2) is 11.5 Å². The van der Waals surface area contributed by atoms with Crippen LogP contribution in [0.2, 0.25) is 0 Å². The van der Waals surface area contributed by atoms with E-state index in [2.05, 4.69) is 15.5 Å². The van der Waals surface area contributed by atoms with E-state index in [1.165, 1.54) is 0 Å². The predicted octanol–water partition coefficient (Wildman–Crippen LogP) is 1.48. The summed E-state index contributed by atoms with van der Waals surface area (Å²) in [7, 11) is 0. The summed E-state index contributed by atoms with van der Waals surface area (Å²) in [5.74, 6) is 1.89. The van der Waals surface area contributed by atoms with E-state index in [0.29, 0.717) is 18.8 Å². The third-order valence-corrected chi connectivity index (χ3v) is 2.74. The van der Waals surface area contributed by atoms with Crippen molar-refractivity contribution < 1.29 is 4.42 Å². The highest BCUT2D eigenvalue weighted by molar-refractivity contribution is 5.36. The van der Waals surface area contributed by atoms with Gasteiger partial charge in [-0.3, -0.25) is 4.40 Å². The molecule has 6 heteroatoms. The van der Waals surface area contributed by atoms with Crippen LogP contribution in [0.15, 0.2) is 40.9 Å². The van der Waals surface area contributed by atoms with Crippen LogP contribution in [-0.2, 0) is 13.1 Å². The fourth-order valence-corrected chi connectivity index (χ4v) is 1.84. The summed E-state index contributed by atoms with van der Waals surface area (Å²) in [5, 5.41) is 20.0. The molecular weight excluding hydrogens is 242 g/mol. The summed E-state index contributed by atoms with van der Waals surface area (Å²) in [4.78, 5) is 0. The Bertz CT molecular complexity index is 737. The summed E-state index contributed by atoms with van der Waals surface area (Å²) >= 11 is 0. The Morgan fingerprint density at radius 3 is 3.00 bits per heavy atom. The molecule has 0 saturated heterocycles. The predicted molar refractivity (Wildman–Crippen MR) is 67.0 cm³/mol. The van der Waals surface area contributed by atoms with Crippen LogP contribution in [0.1, 0.15) is 17.3 Å². The van der Waals surface area contributed by atoms with E-state index >= 15 is 0 Å². The van der Waals surface area contributed by atoms with Crippen LogP contribution >= 0.6 is 0 Å². The Morgan fingerprint density at radius 1 is 1.21 bits per heavy atom. The molecule has 0 atom stereocenters. The van der Waals surface area contributed by atoms with Crippen LogP contribution < -0.4 is 5.32 Å². The lowest BCUT2D eigenvalue weighted by atomic mass is 10.4. The highest BCUT2D eigenvalue weighted by Crippen LogP contribution is 2.07. The summed E-state index contributed by atoms with van der Waals surface area (Å²) in [6.45, 7) is 1.12. The van der Waals surface area contributed by atoms with Crippen LogP contribution in [0.3, 0.4) is 0 Å². The Kier molecular flexibility index (Phi) is 2.96. The number of nitrogens with one attached hydrogen (secondary N) is 1. The molecule has 0 aliphatic heterocycles. The van der Waals surface area contributed by atoms with Gasteiger partial charge < -0.3 is 9.73 Å². The molecule has 0 amide bonds. The van der Waals surface area contributed by atoms with Gasteiger partial charge in [-0.15, -0.1) is 10.2 Å². The molecule has 0 fully saturated rings. The monoisotopic (exact) mass is 253 g/mol. The SMILES string of the molecule is N#Cc1ccc(CNCc2nnc3ccccn23)o1. The molecule has 0 aromatic carbocycles. The fraction of sp³-hybridized carbons (Fsp3) is 0.154. The number of nitriles is 1. The van der Waals surface area contributed by atoms with Crippen molar-refractivity contribution in [3.63, 3.8) is 0 Å². The number of rotatable bonds is 4. The molecule has 19 heavy (non-hydrogen) atoms. The maximum Gasteiger partial charge on any atom is 0.203 e. The zero-order valence-corrected chi connectivity index (χ0v) is 10.1. The molecule has 3 heterocycles. The normalized spacial score (nSPS) is 10.7. The molecule has 3 aromatic heterocycles. The molecule has 3 aromatic rings. The van der Waals surface area contributed by atoms with Crippen molar-refractivity contribution in [1.29, 1.82) is 5.26 Å². The van der Waals surface area contributed by atoms with Gasteiger partial charge in [0.2, 0.25) is 5.76 Å².